The van der Waals surface area contributed by atoms with E-state index < -0.39 is 25.9 Å². The third-order valence-electron chi connectivity index (χ3n) is 6.04. The van der Waals surface area contributed by atoms with E-state index in [1.54, 1.807) is 0 Å². The molecule has 27 heavy (non-hydrogen) atoms. The van der Waals surface area contributed by atoms with Crippen molar-refractivity contribution in [2.75, 3.05) is 29.2 Å². The first-order valence-electron chi connectivity index (χ1n) is 9.44. The second-order valence-electron chi connectivity index (χ2n) is 7.47. The summed E-state index contributed by atoms with van der Waals surface area (Å²) >= 11 is -1.27. The Hall–Kier alpha value is -1.22. The van der Waals surface area contributed by atoms with Gasteiger partial charge in [0.15, 0.2) is 0 Å². The van der Waals surface area contributed by atoms with Crippen LogP contribution in [0.2, 0.25) is 0 Å². The molecule has 0 amide bonds. The van der Waals surface area contributed by atoms with Crippen molar-refractivity contribution in [3.05, 3.63) is 29.3 Å². The van der Waals surface area contributed by atoms with Gasteiger partial charge < -0.3 is 0 Å². The maximum atomic E-state index is 12.4. The number of benzene rings is 1. The molecule has 4 rings (SSSR count). The van der Waals surface area contributed by atoms with E-state index in [4.69, 9.17) is 23.5 Å². The number of fused-ring (bicyclic) bond motifs is 3. The van der Waals surface area contributed by atoms with Crippen LogP contribution in [0.1, 0.15) is 37.3 Å². The third-order valence-corrected chi connectivity index (χ3v) is 10.8. The molecule has 1 fully saturated rings. The Balaban J connectivity index is 1.74. The maximum absolute atomic E-state index is 12.4. The Morgan fingerprint density at radius 1 is 1.26 bits per heavy atom. The van der Waals surface area contributed by atoms with Crippen LogP contribution in [0, 0.1) is 5.41 Å². The number of hydrogen-bond acceptors (Lipinski definition) is 5. The van der Waals surface area contributed by atoms with Gasteiger partial charge in [-0.25, -0.2) is 0 Å². The molecule has 0 radical (unpaired) electrons. The van der Waals surface area contributed by atoms with Crippen molar-refractivity contribution in [3.8, 4) is 5.75 Å². The molecule has 0 aromatic heterocycles. The van der Waals surface area contributed by atoms with Gasteiger partial charge in [0.1, 0.15) is 0 Å². The molecule has 2 aliphatic heterocycles. The Kier molecular flexibility index (Phi) is 5.18. The van der Waals surface area contributed by atoms with Crippen LogP contribution in [0.5, 0.6) is 5.75 Å². The molecule has 5 nitrogen and oxygen atoms in total. The van der Waals surface area contributed by atoms with Gasteiger partial charge in [0.2, 0.25) is 0 Å². The van der Waals surface area contributed by atoms with Gasteiger partial charge in [-0.15, -0.1) is 0 Å². The molecule has 0 bridgehead atoms. The van der Waals surface area contributed by atoms with Gasteiger partial charge in [-0.1, -0.05) is 0 Å². The van der Waals surface area contributed by atoms with E-state index in [2.05, 4.69) is 12.1 Å². The van der Waals surface area contributed by atoms with Crippen molar-refractivity contribution < 1.29 is 12.2 Å². The van der Waals surface area contributed by atoms with Crippen molar-refractivity contribution in [2.45, 2.75) is 38.3 Å². The molecule has 1 aromatic carbocycles. The summed E-state index contributed by atoms with van der Waals surface area (Å²) in [4.78, 5) is 10.0. The Morgan fingerprint density at radius 3 is 2.67 bits per heavy atom. The summed E-state index contributed by atoms with van der Waals surface area (Å²) in [5.74, 6) is 1.30. The predicted molar refractivity (Wildman–Crippen MR) is 115 cm³/mol. The van der Waals surface area contributed by atoms with E-state index >= 15 is 0 Å². The summed E-state index contributed by atoms with van der Waals surface area (Å²) in [7, 11) is 1.86. The summed E-state index contributed by atoms with van der Waals surface area (Å²) in [5.41, 5.74) is 8.75. The van der Waals surface area contributed by atoms with Crippen LogP contribution in [0.4, 0.5) is 4.39 Å². The minimum absolute atomic E-state index is 0.0260. The summed E-state index contributed by atoms with van der Waals surface area (Å²) in [6, 6.07) is 6.17. The van der Waals surface area contributed by atoms with Gasteiger partial charge in [0.05, 0.1) is 0 Å². The van der Waals surface area contributed by atoms with E-state index in [1.165, 1.54) is 14.4 Å². The van der Waals surface area contributed by atoms with Crippen molar-refractivity contribution >= 4 is 31.8 Å². The number of amidine groups is 1. The monoisotopic (exact) mass is 487 g/mol. The van der Waals surface area contributed by atoms with E-state index in [9.17, 15) is 4.39 Å². The quantitative estimate of drug-likeness (QED) is 0.390. The van der Waals surface area contributed by atoms with Crippen molar-refractivity contribution in [3.63, 3.8) is 0 Å². The molecular formula is C20H27FIN3O2. The van der Waals surface area contributed by atoms with Crippen molar-refractivity contribution in [2.24, 2.45) is 21.1 Å². The Bertz CT molecular complexity index is 769. The fourth-order valence-corrected chi connectivity index (χ4v) is 9.24. The third kappa shape index (κ3) is 3.06. The van der Waals surface area contributed by atoms with Gasteiger partial charge >= 0.3 is 168 Å². The topological polar surface area (TPSA) is 69.2 Å². The molecule has 2 N–H and O–H groups in total. The zero-order valence-corrected chi connectivity index (χ0v) is 18.1. The Labute approximate surface area is 167 Å². The normalized spacial score (nSPS) is 27.0. The number of halogens is 2. The fourth-order valence-electron chi connectivity index (χ4n) is 4.55. The van der Waals surface area contributed by atoms with Crippen LogP contribution in [-0.4, -0.2) is 40.8 Å². The number of ether oxygens (including phenoxy) is 1. The van der Waals surface area contributed by atoms with E-state index in [0.717, 1.165) is 36.3 Å². The van der Waals surface area contributed by atoms with Gasteiger partial charge in [-0.2, -0.15) is 0 Å². The average molecular weight is 487 g/mol. The molecule has 2 heterocycles. The van der Waals surface area contributed by atoms with Crippen molar-refractivity contribution in [1.29, 1.82) is 0 Å². The first-order chi connectivity index (χ1) is 13.0. The van der Waals surface area contributed by atoms with E-state index in [0.29, 0.717) is 18.9 Å². The molecule has 1 saturated heterocycles. The second kappa shape index (κ2) is 7.31. The van der Waals surface area contributed by atoms with Gasteiger partial charge in [0, 0.05) is 0 Å². The molecule has 0 saturated carbocycles. The summed E-state index contributed by atoms with van der Waals surface area (Å²) in [6.45, 7) is 1.95. The number of rotatable bonds is 5. The molecular weight excluding hydrogens is 460 g/mol. The molecule has 7 heteroatoms. The first-order valence-corrected chi connectivity index (χ1v) is 13.4. The first kappa shape index (κ1) is 19.1. The van der Waals surface area contributed by atoms with Crippen LogP contribution in [0.3, 0.4) is 0 Å². The van der Waals surface area contributed by atoms with Gasteiger partial charge in [0.25, 0.3) is 0 Å². The molecule has 1 aliphatic carbocycles. The van der Waals surface area contributed by atoms with Crippen LogP contribution in [0.25, 0.3) is 0 Å². The molecule has 1 unspecified atom stereocenters. The average Bonchev–Trinajstić information content (AvgIpc) is 3.11. The molecule has 3 aliphatic rings. The van der Waals surface area contributed by atoms with Gasteiger partial charge in [-0.05, 0) is 0 Å². The molecule has 2 spiro atoms. The van der Waals surface area contributed by atoms with Gasteiger partial charge in [-0.3, -0.25) is 0 Å². The summed E-state index contributed by atoms with van der Waals surface area (Å²) < 4.78 is 26.2. The predicted octanol–water partition coefficient (Wildman–Crippen LogP) is 3.81. The minimum atomic E-state index is -1.27. The molecule has 148 valence electrons. The van der Waals surface area contributed by atoms with E-state index in [1.807, 2.05) is 20.1 Å². The number of nitrogens with zero attached hydrogens (tertiary/aromatic N) is 2. The standard InChI is InChI=1S/C20H27FIN3O2/c1-14-18(23)25-20(24-14)17-12-16(27-11-3-8-21)5-4-15(17)13-19(20)6-9-22(26-2)10-7-19/h4-5,12H,3,6-11,13H2,1-2H3,(H2,23,25). The summed E-state index contributed by atoms with van der Waals surface area (Å²) in [5, 5.41) is 0. The van der Waals surface area contributed by atoms with Crippen molar-refractivity contribution in [1.82, 2.24) is 0 Å². The number of alkyl halides is 3. The van der Waals surface area contributed by atoms with Crippen LogP contribution in [0.15, 0.2) is 28.2 Å². The Morgan fingerprint density at radius 2 is 2.04 bits per heavy atom. The van der Waals surface area contributed by atoms with Crippen LogP contribution < -0.4 is 10.5 Å². The summed E-state index contributed by atoms with van der Waals surface area (Å²) in [6.07, 6.45) is 3.52. The second-order valence-corrected chi connectivity index (χ2v) is 12.8. The zero-order valence-electron chi connectivity index (χ0n) is 15.9. The SMILES string of the molecule is COI1CCC2(CC1)Cc1ccc(OCCCF)cc1C21N=C(C)C(N)=N1. The van der Waals surface area contributed by atoms with E-state index in [-0.39, 0.29) is 12.1 Å². The number of aliphatic imine (C=N–C) groups is 2. The van der Waals surface area contributed by atoms with Crippen LogP contribution in [-0.2, 0) is 15.1 Å². The number of nitrogens with two attached hydrogens (primary N) is 1. The molecule has 1 aromatic rings. The molecule has 1 atom stereocenters. The fraction of sp³-hybridized carbons (Fsp3) is 0.600. The number of hydrogen-bond donors (Lipinski definition) is 1. The zero-order chi connectivity index (χ0) is 19.1. The van der Waals surface area contributed by atoms with Crippen LogP contribution >= 0.6 is 20.2 Å².